The van der Waals surface area contributed by atoms with Gasteiger partial charge in [0.15, 0.2) is 0 Å². The average Bonchev–Trinajstić information content (AvgIpc) is 2.80. The van der Waals surface area contributed by atoms with Crippen LogP contribution in [-0.4, -0.2) is 9.78 Å². The molecule has 0 saturated carbocycles. The summed E-state index contributed by atoms with van der Waals surface area (Å²) in [4.78, 5) is 0. The normalized spacial score (nSPS) is 10.8. The number of rotatable bonds is 2. The molecule has 0 fully saturated rings. The van der Waals surface area contributed by atoms with Gasteiger partial charge in [-0.1, -0.05) is 12.1 Å². The number of benzene rings is 2. The molecule has 0 aliphatic carbocycles. The highest BCUT2D eigenvalue weighted by molar-refractivity contribution is 5.72. The summed E-state index contributed by atoms with van der Waals surface area (Å²) >= 11 is 0. The molecule has 3 rings (SSSR count). The van der Waals surface area contributed by atoms with Gasteiger partial charge in [0.2, 0.25) is 0 Å². The summed E-state index contributed by atoms with van der Waals surface area (Å²) in [5.74, 6) is -1.94. The van der Waals surface area contributed by atoms with Gasteiger partial charge in [-0.25, -0.2) is 17.9 Å². The van der Waals surface area contributed by atoms with Crippen molar-refractivity contribution < 1.29 is 13.2 Å². The lowest BCUT2D eigenvalue weighted by atomic mass is 10.1. The van der Waals surface area contributed by atoms with Gasteiger partial charge in [-0.2, -0.15) is 5.10 Å². The number of aromatic nitrogens is 2. The summed E-state index contributed by atoms with van der Waals surface area (Å²) in [6.07, 6.45) is 1.40. The smallest absolute Gasteiger partial charge is 0.148 e. The standard InChI is InChI=1S/C15H10F3N3/c16-10-5-9(6-11(17)7-10)15-13(19)8-21(20-15)14-4-2-1-3-12(14)18/h1-8H,19H2. The van der Waals surface area contributed by atoms with Crippen molar-refractivity contribution >= 4 is 5.69 Å². The highest BCUT2D eigenvalue weighted by Crippen LogP contribution is 2.27. The number of hydrogen-bond acceptors (Lipinski definition) is 2. The Labute approximate surface area is 118 Å². The van der Waals surface area contributed by atoms with Gasteiger partial charge in [-0.05, 0) is 24.3 Å². The molecule has 106 valence electrons. The van der Waals surface area contributed by atoms with Gasteiger partial charge in [-0.15, -0.1) is 0 Å². The lowest BCUT2D eigenvalue weighted by Gasteiger charge is -2.02. The molecule has 1 aromatic heterocycles. The number of nitrogens with two attached hydrogens (primary N) is 1. The molecule has 0 spiro atoms. The summed E-state index contributed by atoms with van der Waals surface area (Å²) in [5.41, 5.74) is 6.59. The van der Waals surface area contributed by atoms with Crippen molar-refractivity contribution in [3.8, 4) is 16.9 Å². The van der Waals surface area contributed by atoms with Gasteiger partial charge in [0.25, 0.3) is 0 Å². The van der Waals surface area contributed by atoms with E-state index in [4.69, 9.17) is 5.73 Å². The highest BCUT2D eigenvalue weighted by atomic mass is 19.1. The molecule has 2 N–H and O–H groups in total. The fourth-order valence-electron chi connectivity index (χ4n) is 2.06. The van der Waals surface area contributed by atoms with Crippen LogP contribution in [0.4, 0.5) is 18.9 Å². The quantitative estimate of drug-likeness (QED) is 0.784. The molecule has 0 unspecified atom stereocenters. The van der Waals surface area contributed by atoms with Crippen molar-refractivity contribution in [3.05, 3.63) is 66.1 Å². The zero-order valence-electron chi connectivity index (χ0n) is 10.7. The van der Waals surface area contributed by atoms with Crippen LogP contribution >= 0.6 is 0 Å². The fourth-order valence-corrected chi connectivity index (χ4v) is 2.06. The predicted molar refractivity (Wildman–Crippen MR) is 73.3 cm³/mol. The minimum Gasteiger partial charge on any atom is -0.396 e. The van der Waals surface area contributed by atoms with Gasteiger partial charge in [0.1, 0.15) is 28.8 Å². The minimum absolute atomic E-state index is 0.191. The fraction of sp³-hybridized carbons (Fsp3) is 0. The van der Waals surface area contributed by atoms with Gasteiger partial charge in [-0.3, -0.25) is 0 Å². The van der Waals surface area contributed by atoms with Crippen molar-refractivity contribution in [1.29, 1.82) is 0 Å². The monoisotopic (exact) mass is 289 g/mol. The van der Waals surface area contributed by atoms with E-state index in [1.165, 1.54) is 23.0 Å². The van der Waals surface area contributed by atoms with Gasteiger partial charge < -0.3 is 5.73 Å². The molecule has 0 amide bonds. The molecule has 1 heterocycles. The molecule has 3 nitrogen and oxygen atoms in total. The number of nitrogen functional groups attached to an aromatic ring is 1. The summed E-state index contributed by atoms with van der Waals surface area (Å²) < 4.78 is 41.5. The van der Waals surface area contributed by atoms with Crippen LogP contribution in [0.5, 0.6) is 0 Å². The third-order valence-corrected chi connectivity index (χ3v) is 2.98. The Morgan fingerprint density at radius 1 is 0.952 bits per heavy atom. The number of halogens is 3. The third-order valence-electron chi connectivity index (χ3n) is 2.98. The molecule has 0 aliphatic rings. The lowest BCUT2D eigenvalue weighted by Crippen LogP contribution is -1.98. The van der Waals surface area contributed by atoms with E-state index in [1.54, 1.807) is 12.1 Å². The topological polar surface area (TPSA) is 43.8 Å². The van der Waals surface area contributed by atoms with E-state index in [0.29, 0.717) is 0 Å². The Morgan fingerprint density at radius 3 is 2.29 bits per heavy atom. The minimum atomic E-state index is -0.732. The third kappa shape index (κ3) is 2.47. The van der Waals surface area contributed by atoms with Crippen LogP contribution in [-0.2, 0) is 0 Å². The lowest BCUT2D eigenvalue weighted by molar-refractivity contribution is 0.584. The second kappa shape index (κ2) is 4.97. The molecule has 3 aromatic rings. The molecular weight excluding hydrogens is 279 g/mol. The molecule has 6 heteroatoms. The molecule has 0 saturated heterocycles. The maximum absolute atomic E-state index is 13.7. The van der Waals surface area contributed by atoms with Crippen molar-refractivity contribution in [1.82, 2.24) is 9.78 Å². The zero-order valence-corrected chi connectivity index (χ0v) is 10.7. The summed E-state index contributed by atoms with van der Waals surface area (Å²) in [7, 11) is 0. The first-order valence-corrected chi connectivity index (χ1v) is 6.11. The molecule has 0 aliphatic heterocycles. The molecule has 0 atom stereocenters. The second-order valence-electron chi connectivity index (χ2n) is 4.49. The summed E-state index contributed by atoms with van der Waals surface area (Å²) in [6.45, 7) is 0. The first-order valence-electron chi connectivity index (χ1n) is 6.11. The predicted octanol–water partition coefficient (Wildman–Crippen LogP) is 3.54. The molecule has 0 bridgehead atoms. The van der Waals surface area contributed by atoms with Crippen LogP contribution in [0, 0.1) is 17.5 Å². The van der Waals surface area contributed by atoms with E-state index in [0.717, 1.165) is 18.2 Å². The Morgan fingerprint density at radius 2 is 1.62 bits per heavy atom. The van der Waals surface area contributed by atoms with Crippen molar-refractivity contribution in [3.63, 3.8) is 0 Å². The molecular formula is C15H10F3N3. The first kappa shape index (κ1) is 13.2. The second-order valence-corrected chi connectivity index (χ2v) is 4.49. The zero-order chi connectivity index (χ0) is 15.0. The Balaban J connectivity index is 2.12. The van der Waals surface area contributed by atoms with Crippen LogP contribution in [0.2, 0.25) is 0 Å². The van der Waals surface area contributed by atoms with Gasteiger partial charge in [0.05, 0.1) is 11.9 Å². The Kier molecular flexibility index (Phi) is 3.13. The van der Waals surface area contributed by atoms with Crippen LogP contribution < -0.4 is 5.73 Å². The highest BCUT2D eigenvalue weighted by Gasteiger charge is 2.13. The number of hydrogen-bond donors (Lipinski definition) is 1. The molecule has 0 radical (unpaired) electrons. The van der Waals surface area contributed by atoms with Crippen LogP contribution in [0.15, 0.2) is 48.7 Å². The van der Waals surface area contributed by atoms with E-state index in [-0.39, 0.29) is 22.6 Å². The van der Waals surface area contributed by atoms with Crippen LogP contribution in [0.25, 0.3) is 16.9 Å². The summed E-state index contributed by atoms with van der Waals surface area (Å²) in [6, 6.07) is 9.01. The van der Waals surface area contributed by atoms with Crippen molar-refractivity contribution in [2.45, 2.75) is 0 Å². The molecule has 21 heavy (non-hydrogen) atoms. The van der Waals surface area contributed by atoms with Gasteiger partial charge >= 0.3 is 0 Å². The molecule has 2 aromatic carbocycles. The maximum Gasteiger partial charge on any atom is 0.148 e. The van der Waals surface area contributed by atoms with Gasteiger partial charge in [0, 0.05) is 11.6 Å². The number of nitrogens with zero attached hydrogens (tertiary/aromatic N) is 2. The van der Waals surface area contributed by atoms with Crippen molar-refractivity contribution in [2.24, 2.45) is 0 Å². The van der Waals surface area contributed by atoms with E-state index in [1.807, 2.05) is 0 Å². The average molecular weight is 289 g/mol. The summed E-state index contributed by atoms with van der Waals surface area (Å²) in [5, 5.41) is 4.11. The van der Waals surface area contributed by atoms with Crippen LogP contribution in [0.1, 0.15) is 0 Å². The largest absolute Gasteiger partial charge is 0.396 e. The van der Waals surface area contributed by atoms with E-state index >= 15 is 0 Å². The number of para-hydroxylation sites is 1. The van der Waals surface area contributed by atoms with Crippen molar-refractivity contribution in [2.75, 3.05) is 5.73 Å². The van der Waals surface area contributed by atoms with E-state index < -0.39 is 17.5 Å². The SMILES string of the molecule is Nc1cn(-c2ccccc2F)nc1-c1cc(F)cc(F)c1. The van der Waals surface area contributed by atoms with Crippen LogP contribution in [0.3, 0.4) is 0 Å². The van der Waals surface area contributed by atoms with E-state index in [9.17, 15) is 13.2 Å². The number of anilines is 1. The maximum atomic E-state index is 13.7. The first-order chi connectivity index (χ1) is 10.0. The van der Waals surface area contributed by atoms with E-state index in [2.05, 4.69) is 5.10 Å². The Bertz CT molecular complexity index is 791. The Hall–Kier alpha value is -2.76.